The number of benzene rings is 2. The van der Waals surface area contributed by atoms with E-state index in [0.29, 0.717) is 31.5 Å². The van der Waals surface area contributed by atoms with Crippen LogP contribution in [0.15, 0.2) is 72.1 Å². The number of hydrogen-bond donors (Lipinski definition) is 2. The lowest BCUT2D eigenvalue weighted by molar-refractivity contribution is -0.117. The van der Waals surface area contributed by atoms with Crippen LogP contribution in [0.2, 0.25) is 0 Å². The van der Waals surface area contributed by atoms with Crippen LogP contribution in [-0.2, 0) is 21.2 Å². The van der Waals surface area contributed by atoms with Gasteiger partial charge in [0.05, 0.1) is 4.90 Å². The number of carbonyl (C=O) groups excluding carboxylic acids is 2. The highest BCUT2D eigenvalue weighted by Gasteiger charge is 2.30. The fraction of sp³-hybridized carbons (Fsp3) is 0.304. The summed E-state index contributed by atoms with van der Waals surface area (Å²) in [7, 11) is -3.71. The average molecular weight is 442 g/mol. The van der Waals surface area contributed by atoms with Crippen molar-refractivity contribution >= 4 is 21.8 Å². The zero-order valence-electron chi connectivity index (χ0n) is 17.3. The highest BCUT2D eigenvalue weighted by atomic mass is 32.2. The van der Waals surface area contributed by atoms with E-state index in [1.54, 1.807) is 0 Å². The number of amides is 2. The molecule has 8 heteroatoms. The fourth-order valence-electron chi connectivity index (χ4n) is 3.53. The van der Waals surface area contributed by atoms with Gasteiger partial charge in [-0.15, -0.1) is 0 Å². The summed E-state index contributed by atoms with van der Waals surface area (Å²) in [6, 6.07) is 15.5. The summed E-state index contributed by atoms with van der Waals surface area (Å²) in [6.07, 6.45) is 3.27. The summed E-state index contributed by atoms with van der Waals surface area (Å²) >= 11 is 0. The highest BCUT2D eigenvalue weighted by Crippen LogP contribution is 2.21. The maximum atomic E-state index is 13.0. The molecule has 0 spiro atoms. The van der Waals surface area contributed by atoms with Gasteiger partial charge in [-0.2, -0.15) is 4.31 Å². The second-order valence-corrected chi connectivity index (χ2v) is 9.37. The van der Waals surface area contributed by atoms with Gasteiger partial charge >= 0.3 is 0 Å². The van der Waals surface area contributed by atoms with Crippen molar-refractivity contribution in [2.75, 3.05) is 19.6 Å². The third-order valence-corrected chi connectivity index (χ3v) is 7.09. The SMILES string of the molecule is C=CC(=O)N[C@H]1CCCN(S(=O)(=O)c2ccc(C(=O)NCCc3ccccc3)cc2)C1. The Bertz CT molecular complexity index is 1020. The molecule has 7 nitrogen and oxygen atoms in total. The second kappa shape index (κ2) is 10.4. The first-order chi connectivity index (χ1) is 14.9. The molecule has 3 rings (SSSR count). The molecular weight excluding hydrogens is 414 g/mol. The van der Waals surface area contributed by atoms with Crippen LogP contribution in [0.4, 0.5) is 0 Å². The molecule has 1 saturated heterocycles. The maximum absolute atomic E-state index is 13.0. The third-order valence-electron chi connectivity index (χ3n) is 5.21. The van der Waals surface area contributed by atoms with Crippen molar-refractivity contribution in [2.24, 2.45) is 0 Å². The van der Waals surface area contributed by atoms with Crippen molar-refractivity contribution in [3.8, 4) is 0 Å². The molecule has 0 aliphatic carbocycles. The van der Waals surface area contributed by atoms with Crippen LogP contribution in [0.3, 0.4) is 0 Å². The Balaban J connectivity index is 1.59. The Labute approximate surface area is 183 Å². The molecule has 2 amide bonds. The molecule has 1 aliphatic rings. The predicted octanol–water partition coefficient (Wildman–Crippen LogP) is 2.11. The predicted molar refractivity (Wildman–Crippen MR) is 119 cm³/mol. The van der Waals surface area contributed by atoms with Crippen LogP contribution in [-0.4, -0.2) is 50.2 Å². The molecule has 1 aliphatic heterocycles. The summed E-state index contributed by atoms with van der Waals surface area (Å²) in [5, 5.41) is 5.61. The van der Waals surface area contributed by atoms with Gasteiger partial charge in [0.2, 0.25) is 15.9 Å². The Hall–Kier alpha value is -2.97. The van der Waals surface area contributed by atoms with Gasteiger partial charge in [0, 0.05) is 31.2 Å². The average Bonchev–Trinajstić information content (AvgIpc) is 2.80. The third kappa shape index (κ3) is 6.02. The van der Waals surface area contributed by atoms with Crippen molar-refractivity contribution in [2.45, 2.75) is 30.2 Å². The van der Waals surface area contributed by atoms with Gasteiger partial charge in [0.1, 0.15) is 0 Å². The van der Waals surface area contributed by atoms with Gasteiger partial charge in [0.15, 0.2) is 0 Å². The molecule has 0 unspecified atom stereocenters. The van der Waals surface area contributed by atoms with E-state index in [9.17, 15) is 18.0 Å². The molecule has 1 atom stereocenters. The first-order valence-electron chi connectivity index (χ1n) is 10.3. The minimum Gasteiger partial charge on any atom is -0.352 e. The van der Waals surface area contributed by atoms with E-state index < -0.39 is 10.0 Å². The van der Waals surface area contributed by atoms with E-state index in [-0.39, 0.29) is 29.3 Å². The molecule has 1 fully saturated rings. The first kappa shape index (κ1) is 22.7. The van der Waals surface area contributed by atoms with Crippen molar-refractivity contribution in [1.29, 1.82) is 0 Å². The van der Waals surface area contributed by atoms with Gasteiger partial charge in [0.25, 0.3) is 5.91 Å². The van der Waals surface area contributed by atoms with Crippen molar-refractivity contribution in [3.05, 3.63) is 78.4 Å². The summed E-state index contributed by atoms with van der Waals surface area (Å²) in [6.45, 7) is 4.52. The monoisotopic (exact) mass is 441 g/mol. The standard InChI is InChI=1S/C23H27N3O4S/c1-2-22(27)25-20-9-6-16-26(17-20)31(29,30)21-12-10-19(11-13-21)23(28)24-15-14-18-7-4-3-5-8-18/h2-5,7-8,10-13,20H,1,6,9,14-17H2,(H,24,28)(H,25,27)/t20-/m0/s1. The molecule has 0 aromatic heterocycles. The van der Waals surface area contributed by atoms with Gasteiger partial charge in [-0.3, -0.25) is 9.59 Å². The number of nitrogens with one attached hydrogen (secondary N) is 2. The first-order valence-corrected chi connectivity index (χ1v) is 11.7. The van der Waals surface area contributed by atoms with Gasteiger partial charge in [-0.25, -0.2) is 8.42 Å². The van der Waals surface area contributed by atoms with Crippen LogP contribution in [0, 0.1) is 0 Å². The van der Waals surface area contributed by atoms with E-state index in [2.05, 4.69) is 17.2 Å². The lowest BCUT2D eigenvalue weighted by Gasteiger charge is -2.32. The van der Waals surface area contributed by atoms with Crippen LogP contribution in [0.25, 0.3) is 0 Å². The van der Waals surface area contributed by atoms with E-state index in [0.717, 1.165) is 12.0 Å². The molecular formula is C23H27N3O4S. The van der Waals surface area contributed by atoms with Gasteiger partial charge < -0.3 is 10.6 Å². The van der Waals surface area contributed by atoms with E-state index in [4.69, 9.17) is 0 Å². The largest absolute Gasteiger partial charge is 0.352 e. The van der Waals surface area contributed by atoms with Gasteiger partial charge in [-0.05, 0) is 55.2 Å². The van der Waals surface area contributed by atoms with E-state index >= 15 is 0 Å². The summed E-state index contributed by atoms with van der Waals surface area (Å²) in [5.74, 6) is -0.558. The number of sulfonamides is 1. The van der Waals surface area contributed by atoms with Crippen molar-refractivity contribution in [1.82, 2.24) is 14.9 Å². The Kier molecular flexibility index (Phi) is 7.59. The normalized spacial score (nSPS) is 17.0. The second-order valence-electron chi connectivity index (χ2n) is 7.43. The van der Waals surface area contributed by atoms with Crippen LogP contribution in [0.1, 0.15) is 28.8 Å². The molecule has 164 valence electrons. The molecule has 1 heterocycles. The number of hydrogen-bond acceptors (Lipinski definition) is 4. The zero-order chi connectivity index (χ0) is 22.3. The molecule has 31 heavy (non-hydrogen) atoms. The Morgan fingerprint density at radius 2 is 1.81 bits per heavy atom. The molecule has 2 N–H and O–H groups in total. The summed E-state index contributed by atoms with van der Waals surface area (Å²) in [4.78, 5) is 24.0. The number of rotatable bonds is 8. The van der Waals surface area contributed by atoms with E-state index in [1.165, 1.54) is 34.6 Å². The minimum atomic E-state index is -3.71. The maximum Gasteiger partial charge on any atom is 0.251 e. The fourth-order valence-corrected chi connectivity index (χ4v) is 5.06. The molecule has 2 aromatic rings. The van der Waals surface area contributed by atoms with Crippen LogP contribution >= 0.6 is 0 Å². The van der Waals surface area contributed by atoms with Crippen LogP contribution in [0.5, 0.6) is 0 Å². The topological polar surface area (TPSA) is 95.6 Å². The molecule has 0 bridgehead atoms. The summed E-state index contributed by atoms with van der Waals surface area (Å²) < 4.78 is 27.4. The smallest absolute Gasteiger partial charge is 0.251 e. The van der Waals surface area contributed by atoms with Crippen molar-refractivity contribution < 1.29 is 18.0 Å². The zero-order valence-corrected chi connectivity index (χ0v) is 18.1. The number of nitrogens with zero attached hydrogens (tertiary/aromatic N) is 1. The highest BCUT2D eigenvalue weighted by molar-refractivity contribution is 7.89. The number of carbonyl (C=O) groups is 2. The lowest BCUT2D eigenvalue weighted by Crippen LogP contribution is -2.49. The molecule has 2 aromatic carbocycles. The minimum absolute atomic E-state index is 0.129. The number of piperidine rings is 1. The van der Waals surface area contributed by atoms with Crippen LogP contribution < -0.4 is 10.6 Å². The molecule has 0 saturated carbocycles. The van der Waals surface area contributed by atoms with Gasteiger partial charge in [-0.1, -0.05) is 36.9 Å². The van der Waals surface area contributed by atoms with E-state index in [1.807, 2.05) is 30.3 Å². The lowest BCUT2D eigenvalue weighted by atomic mass is 10.1. The summed E-state index contributed by atoms with van der Waals surface area (Å²) in [5.41, 5.74) is 1.54. The Morgan fingerprint density at radius 3 is 2.48 bits per heavy atom. The quantitative estimate of drug-likeness (QED) is 0.614. The van der Waals surface area contributed by atoms with Crippen molar-refractivity contribution in [3.63, 3.8) is 0 Å². The Morgan fingerprint density at radius 1 is 1.10 bits per heavy atom. The molecule has 0 radical (unpaired) electrons.